The first-order valence-corrected chi connectivity index (χ1v) is 7.69. The summed E-state index contributed by atoms with van der Waals surface area (Å²) < 4.78 is 0. The lowest BCUT2D eigenvalue weighted by atomic mass is 10.0. The molecule has 5 heteroatoms. The maximum Gasteiger partial charge on any atom is 0.226 e. The van der Waals surface area contributed by atoms with Gasteiger partial charge in [0.05, 0.1) is 0 Å². The van der Waals surface area contributed by atoms with Crippen molar-refractivity contribution < 1.29 is 4.79 Å². The van der Waals surface area contributed by atoms with Gasteiger partial charge in [0.25, 0.3) is 0 Å². The second-order valence-corrected chi connectivity index (χ2v) is 6.14. The number of halogens is 1. The Balaban J connectivity index is 2.29. The van der Waals surface area contributed by atoms with E-state index in [9.17, 15) is 4.79 Å². The number of carbonyl (C=O) groups excluding carboxylic acids is 1. The van der Waals surface area contributed by atoms with Crippen LogP contribution in [0.2, 0.25) is 0 Å². The Labute approximate surface area is 122 Å². The second kappa shape index (κ2) is 8.08. The number of likely N-dealkylation sites (N-methyl/N-ethyl adjacent to an activating group) is 2. The van der Waals surface area contributed by atoms with E-state index in [-0.39, 0.29) is 11.8 Å². The van der Waals surface area contributed by atoms with E-state index >= 15 is 0 Å². The number of likely N-dealkylation sites (tertiary alicyclic amines) is 1. The van der Waals surface area contributed by atoms with Crippen LogP contribution in [0.4, 0.5) is 0 Å². The van der Waals surface area contributed by atoms with Crippen molar-refractivity contribution in [2.45, 2.75) is 25.8 Å². The minimum atomic E-state index is -0.0831. The Kier molecular flexibility index (Phi) is 7.11. The number of piperidine rings is 1. The van der Waals surface area contributed by atoms with E-state index < -0.39 is 0 Å². The molecule has 19 heavy (non-hydrogen) atoms. The van der Waals surface area contributed by atoms with Gasteiger partial charge in [-0.1, -0.05) is 6.92 Å². The molecule has 0 bridgehead atoms. The molecule has 0 aromatic carbocycles. The fourth-order valence-electron chi connectivity index (χ4n) is 2.48. The number of nitrogens with zero attached hydrogens (tertiary/aromatic N) is 3. The summed E-state index contributed by atoms with van der Waals surface area (Å²) in [7, 11) is 6.21. The van der Waals surface area contributed by atoms with Crippen molar-refractivity contribution in [3.63, 3.8) is 0 Å². The highest BCUT2D eigenvalue weighted by Gasteiger charge is 2.21. The van der Waals surface area contributed by atoms with E-state index in [1.807, 2.05) is 14.0 Å². The molecule has 1 atom stereocenters. The zero-order chi connectivity index (χ0) is 14.4. The van der Waals surface area contributed by atoms with E-state index in [1.54, 1.807) is 4.90 Å². The summed E-state index contributed by atoms with van der Waals surface area (Å²) in [6.45, 7) is 5.95. The van der Waals surface area contributed by atoms with Crippen LogP contribution in [0.15, 0.2) is 0 Å². The lowest BCUT2D eigenvalue weighted by molar-refractivity contribution is -0.133. The Bertz CT molecular complexity index is 280. The Morgan fingerprint density at radius 3 is 2.42 bits per heavy atom. The van der Waals surface area contributed by atoms with Gasteiger partial charge in [-0.2, -0.15) is 0 Å². The Hall–Kier alpha value is -0.320. The lowest BCUT2D eigenvalue weighted by Crippen LogP contribution is -2.45. The number of alkyl halides is 1. The Morgan fingerprint density at radius 1 is 1.32 bits per heavy atom. The predicted octanol–water partition coefficient (Wildman–Crippen LogP) is 1.35. The molecule has 1 unspecified atom stereocenters. The number of amides is 1. The molecule has 0 aliphatic carbocycles. The van der Waals surface area contributed by atoms with Crippen LogP contribution >= 0.6 is 11.6 Å². The standard InChI is InChI=1S/C14H28ClN3O/c1-12(11-15)14(19)18(4)10-9-17(3)13-5-7-16(2)8-6-13/h12-13H,5-11H2,1-4H3. The average molecular weight is 290 g/mol. The normalized spacial score (nSPS) is 19.7. The summed E-state index contributed by atoms with van der Waals surface area (Å²) in [5, 5.41) is 0. The number of hydrogen-bond donors (Lipinski definition) is 0. The smallest absolute Gasteiger partial charge is 0.226 e. The van der Waals surface area contributed by atoms with Crippen LogP contribution in [0, 0.1) is 5.92 Å². The summed E-state index contributed by atoms with van der Waals surface area (Å²) in [5.41, 5.74) is 0. The molecule has 1 saturated heterocycles. The molecule has 1 amide bonds. The first-order valence-electron chi connectivity index (χ1n) is 7.15. The molecule has 1 aliphatic heterocycles. The summed E-state index contributed by atoms with van der Waals surface area (Å²) in [6, 6.07) is 0.658. The Morgan fingerprint density at radius 2 is 1.89 bits per heavy atom. The first-order chi connectivity index (χ1) is 8.95. The highest BCUT2D eigenvalue weighted by Crippen LogP contribution is 2.14. The fraction of sp³-hybridized carbons (Fsp3) is 0.929. The van der Waals surface area contributed by atoms with Crippen LogP contribution in [0.3, 0.4) is 0 Å². The van der Waals surface area contributed by atoms with Gasteiger partial charge in [0, 0.05) is 38.0 Å². The first kappa shape index (κ1) is 16.7. The van der Waals surface area contributed by atoms with Crippen molar-refractivity contribution in [2.75, 3.05) is 53.2 Å². The van der Waals surface area contributed by atoms with Gasteiger partial charge in [0.15, 0.2) is 0 Å². The van der Waals surface area contributed by atoms with E-state index in [2.05, 4.69) is 23.9 Å². The van der Waals surface area contributed by atoms with Gasteiger partial charge in [-0.05, 0) is 40.0 Å². The molecule has 1 fully saturated rings. The van der Waals surface area contributed by atoms with Crippen LogP contribution < -0.4 is 0 Å². The van der Waals surface area contributed by atoms with Crippen molar-refractivity contribution >= 4 is 17.5 Å². The maximum atomic E-state index is 11.9. The van der Waals surface area contributed by atoms with E-state index in [0.29, 0.717) is 11.9 Å². The molecule has 4 nitrogen and oxygen atoms in total. The van der Waals surface area contributed by atoms with Crippen LogP contribution in [-0.4, -0.2) is 79.9 Å². The third kappa shape index (κ3) is 5.28. The molecule has 0 spiro atoms. The van der Waals surface area contributed by atoms with Crippen LogP contribution in [0.5, 0.6) is 0 Å². The SMILES string of the molecule is CC(CCl)C(=O)N(C)CCN(C)C1CCN(C)CC1. The van der Waals surface area contributed by atoms with Crippen LogP contribution in [0.1, 0.15) is 19.8 Å². The number of carbonyl (C=O) groups is 1. The molecular weight excluding hydrogens is 262 g/mol. The van der Waals surface area contributed by atoms with Crippen molar-refractivity contribution in [1.29, 1.82) is 0 Å². The van der Waals surface area contributed by atoms with E-state index in [0.717, 1.165) is 13.1 Å². The molecule has 1 heterocycles. The second-order valence-electron chi connectivity index (χ2n) is 5.83. The van der Waals surface area contributed by atoms with Crippen molar-refractivity contribution in [1.82, 2.24) is 14.7 Å². The zero-order valence-electron chi connectivity index (χ0n) is 12.7. The number of rotatable bonds is 6. The maximum absolute atomic E-state index is 11.9. The highest BCUT2D eigenvalue weighted by atomic mass is 35.5. The quantitative estimate of drug-likeness (QED) is 0.691. The molecule has 0 aromatic heterocycles. The molecular formula is C14H28ClN3O. The molecule has 0 N–H and O–H groups in total. The minimum Gasteiger partial charge on any atom is -0.344 e. The van der Waals surface area contributed by atoms with Gasteiger partial charge in [0.2, 0.25) is 5.91 Å². The van der Waals surface area contributed by atoms with Gasteiger partial charge in [0.1, 0.15) is 0 Å². The third-order valence-corrected chi connectivity index (χ3v) is 4.59. The third-order valence-electron chi connectivity index (χ3n) is 4.13. The van der Waals surface area contributed by atoms with Crippen molar-refractivity contribution in [3.8, 4) is 0 Å². The summed E-state index contributed by atoms with van der Waals surface area (Å²) in [6.07, 6.45) is 2.45. The van der Waals surface area contributed by atoms with Gasteiger partial charge >= 0.3 is 0 Å². The predicted molar refractivity (Wildman–Crippen MR) is 80.7 cm³/mol. The number of hydrogen-bond acceptors (Lipinski definition) is 3. The molecule has 112 valence electrons. The fourth-order valence-corrected chi connectivity index (χ4v) is 2.61. The molecule has 0 saturated carbocycles. The minimum absolute atomic E-state index is 0.0831. The van der Waals surface area contributed by atoms with E-state index in [4.69, 9.17) is 11.6 Å². The van der Waals surface area contributed by atoms with Gasteiger partial charge < -0.3 is 14.7 Å². The largest absolute Gasteiger partial charge is 0.344 e. The molecule has 1 aliphatic rings. The molecule has 1 rings (SSSR count). The van der Waals surface area contributed by atoms with Crippen molar-refractivity contribution in [2.24, 2.45) is 5.92 Å². The van der Waals surface area contributed by atoms with Gasteiger partial charge in [-0.3, -0.25) is 4.79 Å². The summed E-state index contributed by atoms with van der Waals surface area (Å²) >= 11 is 5.73. The summed E-state index contributed by atoms with van der Waals surface area (Å²) in [4.78, 5) is 18.5. The average Bonchev–Trinajstić information content (AvgIpc) is 2.43. The van der Waals surface area contributed by atoms with E-state index in [1.165, 1.54) is 25.9 Å². The van der Waals surface area contributed by atoms with Gasteiger partial charge in [-0.15, -0.1) is 11.6 Å². The van der Waals surface area contributed by atoms with Crippen LogP contribution in [0.25, 0.3) is 0 Å². The molecule has 0 radical (unpaired) electrons. The zero-order valence-corrected chi connectivity index (χ0v) is 13.5. The molecule has 0 aromatic rings. The summed E-state index contributed by atoms with van der Waals surface area (Å²) in [5.74, 6) is 0.459. The highest BCUT2D eigenvalue weighted by molar-refractivity contribution is 6.19. The monoisotopic (exact) mass is 289 g/mol. The van der Waals surface area contributed by atoms with Crippen LogP contribution in [-0.2, 0) is 4.79 Å². The van der Waals surface area contributed by atoms with Crippen molar-refractivity contribution in [3.05, 3.63) is 0 Å². The van der Waals surface area contributed by atoms with Gasteiger partial charge in [-0.25, -0.2) is 0 Å². The topological polar surface area (TPSA) is 26.8 Å². The lowest BCUT2D eigenvalue weighted by Gasteiger charge is -2.36.